The van der Waals surface area contributed by atoms with Crippen LogP contribution in [0.1, 0.15) is 11.8 Å². The smallest absolute Gasteiger partial charge is 0.344 e. The molecule has 0 saturated carbocycles. The van der Waals surface area contributed by atoms with Gasteiger partial charge in [-0.25, -0.2) is 4.79 Å². The molecule has 0 N–H and O–H groups in total. The third-order valence-electron chi connectivity index (χ3n) is 2.38. The average molecular weight is 289 g/mol. The molecular formula is C15H15NO3S. The molecule has 0 aliphatic rings. The van der Waals surface area contributed by atoms with E-state index >= 15 is 0 Å². The molecule has 0 bridgehead atoms. The number of benzene rings is 1. The Balaban J connectivity index is 1.88. The van der Waals surface area contributed by atoms with Crippen LogP contribution < -0.4 is 4.74 Å². The highest BCUT2D eigenvalue weighted by Crippen LogP contribution is 2.18. The van der Waals surface area contributed by atoms with Crippen LogP contribution in [0.3, 0.4) is 0 Å². The zero-order valence-corrected chi connectivity index (χ0v) is 11.9. The summed E-state index contributed by atoms with van der Waals surface area (Å²) in [5.41, 5.74) is 0.835. The van der Waals surface area contributed by atoms with Gasteiger partial charge in [-0.15, -0.1) is 11.3 Å². The number of hydrogen-bond acceptors (Lipinski definition) is 5. The molecule has 0 atom stereocenters. The maximum absolute atomic E-state index is 11.1. The second kappa shape index (κ2) is 7.45. The number of nitrogens with zero attached hydrogens (tertiary/aromatic N) is 1. The molecule has 0 saturated heterocycles. The number of aliphatic imine (C=N–C) groups is 1. The minimum Gasteiger partial charge on any atom is -0.482 e. The topological polar surface area (TPSA) is 47.9 Å². The molecule has 0 fully saturated rings. The molecule has 1 heterocycles. The summed E-state index contributed by atoms with van der Waals surface area (Å²) in [6, 6.07) is 11.2. The lowest BCUT2D eigenvalue weighted by Gasteiger charge is -2.05. The van der Waals surface area contributed by atoms with Crippen LogP contribution in [0.5, 0.6) is 5.75 Å². The van der Waals surface area contributed by atoms with Gasteiger partial charge in [0.1, 0.15) is 5.75 Å². The molecule has 0 aliphatic carbocycles. The fraction of sp³-hybridized carbons (Fsp3) is 0.200. The molecule has 1 aromatic carbocycles. The van der Waals surface area contributed by atoms with Crippen molar-refractivity contribution in [2.45, 2.75) is 6.92 Å². The van der Waals surface area contributed by atoms with Crippen molar-refractivity contribution in [3.63, 3.8) is 0 Å². The number of thiophene rings is 1. The predicted molar refractivity (Wildman–Crippen MR) is 80.1 cm³/mol. The molecule has 20 heavy (non-hydrogen) atoms. The Morgan fingerprint density at radius 3 is 2.75 bits per heavy atom. The Morgan fingerprint density at radius 2 is 2.10 bits per heavy atom. The van der Waals surface area contributed by atoms with Crippen molar-refractivity contribution in [2.24, 2.45) is 4.99 Å². The van der Waals surface area contributed by atoms with Crippen LogP contribution in [0.25, 0.3) is 0 Å². The third-order valence-corrected chi connectivity index (χ3v) is 3.19. The largest absolute Gasteiger partial charge is 0.482 e. The SMILES string of the molecule is CCOC(=O)COc1ccc(N=Cc2cccs2)cc1. The van der Waals surface area contributed by atoms with Crippen LogP contribution in [0.4, 0.5) is 5.69 Å². The molecule has 1 aromatic heterocycles. The number of hydrogen-bond donors (Lipinski definition) is 0. The minimum absolute atomic E-state index is 0.0777. The lowest BCUT2D eigenvalue weighted by atomic mass is 10.3. The monoisotopic (exact) mass is 289 g/mol. The summed E-state index contributed by atoms with van der Waals surface area (Å²) in [7, 11) is 0. The molecule has 0 spiro atoms. The Hall–Kier alpha value is -2.14. The van der Waals surface area contributed by atoms with Gasteiger partial charge in [-0.3, -0.25) is 4.99 Å². The predicted octanol–water partition coefficient (Wildman–Crippen LogP) is 3.44. The van der Waals surface area contributed by atoms with E-state index in [-0.39, 0.29) is 12.6 Å². The molecule has 2 rings (SSSR count). The van der Waals surface area contributed by atoms with Crippen LogP contribution in [0.15, 0.2) is 46.8 Å². The maximum atomic E-state index is 11.1. The second-order valence-corrected chi connectivity index (χ2v) is 4.84. The van der Waals surface area contributed by atoms with E-state index in [1.54, 1.807) is 30.4 Å². The fourth-order valence-electron chi connectivity index (χ4n) is 1.48. The van der Waals surface area contributed by atoms with Crippen molar-refractivity contribution in [3.05, 3.63) is 46.7 Å². The van der Waals surface area contributed by atoms with Crippen molar-refractivity contribution in [2.75, 3.05) is 13.2 Å². The molecule has 104 valence electrons. The van der Waals surface area contributed by atoms with Gasteiger partial charge in [-0.05, 0) is 42.6 Å². The van der Waals surface area contributed by atoms with E-state index in [1.807, 2.05) is 35.9 Å². The molecular weight excluding hydrogens is 274 g/mol. The highest BCUT2D eigenvalue weighted by molar-refractivity contribution is 7.11. The summed E-state index contributed by atoms with van der Waals surface area (Å²) < 4.78 is 10.1. The summed E-state index contributed by atoms with van der Waals surface area (Å²) in [4.78, 5) is 16.6. The van der Waals surface area contributed by atoms with Gasteiger partial charge in [0.05, 0.1) is 12.3 Å². The van der Waals surface area contributed by atoms with E-state index in [9.17, 15) is 4.79 Å². The molecule has 5 heteroatoms. The van der Waals surface area contributed by atoms with Crippen molar-refractivity contribution >= 4 is 29.2 Å². The molecule has 0 unspecified atom stereocenters. The number of ether oxygens (including phenoxy) is 2. The van der Waals surface area contributed by atoms with Gasteiger partial charge in [0.2, 0.25) is 0 Å². The summed E-state index contributed by atoms with van der Waals surface area (Å²) >= 11 is 1.64. The Kier molecular flexibility index (Phi) is 5.32. The summed E-state index contributed by atoms with van der Waals surface area (Å²) in [6.45, 7) is 2.04. The van der Waals surface area contributed by atoms with Crippen molar-refractivity contribution in [1.82, 2.24) is 0 Å². The molecule has 2 aromatic rings. The van der Waals surface area contributed by atoms with Crippen molar-refractivity contribution in [3.8, 4) is 5.75 Å². The van der Waals surface area contributed by atoms with Crippen molar-refractivity contribution < 1.29 is 14.3 Å². The van der Waals surface area contributed by atoms with Gasteiger partial charge in [-0.1, -0.05) is 6.07 Å². The average Bonchev–Trinajstić information content (AvgIpc) is 2.98. The van der Waals surface area contributed by atoms with Crippen LogP contribution >= 0.6 is 11.3 Å². The zero-order valence-electron chi connectivity index (χ0n) is 11.1. The van der Waals surface area contributed by atoms with Crippen molar-refractivity contribution in [1.29, 1.82) is 0 Å². The Labute approximate surface area is 121 Å². The first-order valence-electron chi connectivity index (χ1n) is 6.24. The first-order chi connectivity index (χ1) is 9.78. The fourth-order valence-corrected chi connectivity index (χ4v) is 2.06. The van der Waals surface area contributed by atoms with Crippen LogP contribution in [-0.4, -0.2) is 25.4 Å². The van der Waals surface area contributed by atoms with Crippen LogP contribution in [-0.2, 0) is 9.53 Å². The van der Waals surface area contributed by atoms with E-state index < -0.39 is 0 Å². The quantitative estimate of drug-likeness (QED) is 0.604. The van der Waals surface area contributed by atoms with Gasteiger partial charge in [0.15, 0.2) is 6.61 Å². The van der Waals surface area contributed by atoms with E-state index in [0.29, 0.717) is 12.4 Å². The maximum Gasteiger partial charge on any atom is 0.344 e. The molecule has 0 amide bonds. The van der Waals surface area contributed by atoms with Gasteiger partial charge in [0, 0.05) is 11.1 Å². The molecule has 4 nitrogen and oxygen atoms in total. The highest BCUT2D eigenvalue weighted by atomic mass is 32.1. The Bertz CT molecular complexity index is 561. The number of rotatable bonds is 6. The standard InChI is InChI=1S/C15H15NO3S/c1-2-18-15(17)11-19-13-7-5-12(6-8-13)16-10-14-4-3-9-20-14/h3-10H,2,11H2,1H3. The van der Waals surface area contributed by atoms with E-state index in [0.717, 1.165) is 10.6 Å². The number of esters is 1. The first kappa shape index (κ1) is 14.3. The zero-order chi connectivity index (χ0) is 14.2. The third kappa shape index (κ3) is 4.51. The van der Waals surface area contributed by atoms with Gasteiger partial charge < -0.3 is 9.47 Å². The van der Waals surface area contributed by atoms with Crippen LogP contribution in [0, 0.1) is 0 Å². The highest BCUT2D eigenvalue weighted by Gasteiger charge is 2.02. The lowest BCUT2D eigenvalue weighted by molar-refractivity contribution is -0.145. The Morgan fingerprint density at radius 1 is 1.30 bits per heavy atom. The van der Waals surface area contributed by atoms with Crippen LogP contribution in [0.2, 0.25) is 0 Å². The number of carbonyl (C=O) groups is 1. The number of carbonyl (C=O) groups excluding carboxylic acids is 1. The van der Waals surface area contributed by atoms with Gasteiger partial charge in [-0.2, -0.15) is 0 Å². The van der Waals surface area contributed by atoms with E-state index in [1.165, 1.54) is 0 Å². The van der Waals surface area contributed by atoms with Gasteiger partial charge in [0.25, 0.3) is 0 Å². The molecule has 0 aliphatic heterocycles. The second-order valence-electron chi connectivity index (χ2n) is 3.86. The minimum atomic E-state index is -0.368. The lowest BCUT2D eigenvalue weighted by Crippen LogP contribution is -2.14. The van der Waals surface area contributed by atoms with E-state index in [4.69, 9.17) is 9.47 Å². The summed E-state index contributed by atoms with van der Waals surface area (Å²) in [6.07, 6.45) is 1.82. The van der Waals surface area contributed by atoms with Gasteiger partial charge >= 0.3 is 5.97 Å². The molecule has 0 radical (unpaired) electrons. The summed E-state index contributed by atoms with van der Waals surface area (Å²) in [5.74, 6) is 0.250. The normalized spacial score (nSPS) is 10.7. The van der Waals surface area contributed by atoms with E-state index in [2.05, 4.69) is 4.99 Å². The first-order valence-corrected chi connectivity index (χ1v) is 7.12. The summed E-state index contributed by atoms with van der Waals surface area (Å²) in [5, 5.41) is 2.01.